The molecule has 1 aromatic heterocycles. The van der Waals surface area contributed by atoms with Gasteiger partial charge in [-0.25, -0.2) is 24.2 Å². The predicted octanol–water partition coefficient (Wildman–Crippen LogP) is 10.3. The van der Waals surface area contributed by atoms with E-state index in [1.807, 2.05) is 24.3 Å². The summed E-state index contributed by atoms with van der Waals surface area (Å²) in [4.78, 5) is 92.2. The highest BCUT2D eigenvalue weighted by Gasteiger charge is 2.27. The Morgan fingerprint density at radius 2 is 1.10 bits per heavy atom. The van der Waals surface area contributed by atoms with E-state index in [0.29, 0.717) is 35.8 Å². The minimum Gasteiger partial charge on any atom is -0.508 e. The fourth-order valence-electron chi connectivity index (χ4n) is 8.04. The molecule has 2 aliphatic rings. The Bertz CT molecular complexity index is 3010. The van der Waals surface area contributed by atoms with E-state index in [1.54, 1.807) is 100 Å². The van der Waals surface area contributed by atoms with E-state index in [4.69, 9.17) is 53.2 Å². The van der Waals surface area contributed by atoms with Crippen LogP contribution in [0, 0.1) is 35.0 Å². The molecule has 2 unspecified atom stereocenters. The molecule has 86 heavy (non-hydrogen) atoms. The highest BCUT2D eigenvalue weighted by molar-refractivity contribution is 7.21. The van der Waals surface area contributed by atoms with Gasteiger partial charge in [0.1, 0.15) is 84.1 Å². The lowest BCUT2D eigenvalue weighted by Gasteiger charge is -2.23. The van der Waals surface area contributed by atoms with Crippen molar-refractivity contribution in [2.75, 3.05) is 47.8 Å². The third-order valence-corrected chi connectivity index (χ3v) is 14.1. The first-order chi connectivity index (χ1) is 41.5. The molecule has 7 rings (SSSR count). The highest BCUT2D eigenvalue weighted by Crippen LogP contribution is 2.38. The topological polar surface area (TPSA) is 277 Å². The summed E-state index contributed by atoms with van der Waals surface area (Å²) >= 11 is 1.56. The van der Waals surface area contributed by atoms with E-state index in [0.717, 1.165) is 127 Å². The molecule has 0 saturated heterocycles. The number of rotatable bonds is 24. The van der Waals surface area contributed by atoms with Crippen molar-refractivity contribution in [3.63, 3.8) is 0 Å². The summed E-state index contributed by atoms with van der Waals surface area (Å²) in [6, 6.07) is 26.8. The molecule has 1 heterocycles. The van der Waals surface area contributed by atoms with E-state index in [-0.39, 0.29) is 55.2 Å². The summed E-state index contributed by atoms with van der Waals surface area (Å²) in [6.07, 6.45) is 13.1. The van der Waals surface area contributed by atoms with Gasteiger partial charge in [-0.2, -0.15) is 5.26 Å². The minimum atomic E-state index is -0.753. The maximum absolute atomic E-state index is 12.4. The van der Waals surface area contributed by atoms with Gasteiger partial charge in [-0.15, -0.1) is 11.3 Å². The van der Waals surface area contributed by atoms with Gasteiger partial charge in [-0.3, -0.25) is 4.79 Å². The third-order valence-electron chi connectivity index (χ3n) is 12.9. The second-order valence-corrected chi connectivity index (χ2v) is 20.0. The number of aromatic hydroxyl groups is 1. The number of phenolic OH excluding ortho intramolecular Hbond substituents is 1. The second-order valence-electron chi connectivity index (χ2n) is 19.0. The van der Waals surface area contributed by atoms with E-state index in [1.165, 1.54) is 0 Å². The summed E-state index contributed by atoms with van der Waals surface area (Å²) in [7, 11) is 4.78. The van der Waals surface area contributed by atoms with Gasteiger partial charge < -0.3 is 62.1 Å². The van der Waals surface area contributed by atoms with Gasteiger partial charge in [0, 0.05) is 54.0 Å². The monoisotopic (exact) mass is 1200 g/mol. The van der Waals surface area contributed by atoms with Crippen molar-refractivity contribution in [1.29, 1.82) is 5.26 Å². The number of hydrogen-bond donors (Lipinski definition) is 1. The molecule has 1 N–H and O–H groups in total. The Kier molecular flexibility index (Phi) is 32.9. The maximum Gasteiger partial charge on any atom is 0.330 e. The fraction of sp³-hybridized carbons (Fsp3) is 0.354. The van der Waals surface area contributed by atoms with Gasteiger partial charge in [-0.1, -0.05) is 44.5 Å². The second kappa shape index (κ2) is 40.0. The number of esters is 5. The first-order valence-corrected chi connectivity index (χ1v) is 28.2. The molecule has 2 fully saturated rings. The number of fused-ring (bicyclic) bond motifs is 1. The predicted molar refractivity (Wildman–Crippen MR) is 321 cm³/mol. The molecule has 0 radical (unpaired) electrons. The maximum atomic E-state index is 12.4. The number of ether oxygens (including phenoxy) is 9. The van der Waals surface area contributed by atoms with E-state index in [9.17, 15) is 38.4 Å². The lowest BCUT2D eigenvalue weighted by Crippen LogP contribution is -2.30. The van der Waals surface area contributed by atoms with Crippen LogP contribution in [0.4, 0.5) is 0 Å². The summed E-state index contributed by atoms with van der Waals surface area (Å²) in [5.41, 5.74) is 3.38. The average molecular weight is 1200 g/mol. The lowest BCUT2D eigenvalue weighted by molar-refractivity contribution is -0.154. The lowest BCUT2D eigenvalue weighted by atomic mass is 9.83. The number of hydrogen-bond acceptors (Lipinski definition) is 21. The first kappa shape index (κ1) is 70.8. The number of thiazole rings is 1. The quantitative estimate of drug-likeness (QED) is 0.0260. The molecule has 0 amide bonds. The van der Waals surface area contributed by atoms with Crippen molar-refractivity contribution in [1.82, 2.24) is 4.98 Å². The van der Waals surface area contributed by atoms with Gasteiger partial charge >= 0.3 is 29.8 Å². The van der Waals surface area contributed by atoms with E-state index in [2.05, 4.69) is 37.1 Å². The van der Waals surface area contributed by atoms with Gasteiger partial charge in [0.15, 0.2) is 6.10 Å². The van der Waals surface area contributed by atoms with Gasteiger partial charge in [0.05, 0.1) is 50.2 Å². The first-order valence-electron chi connectivity index (χ1n) is 27.3. The van der Waals surface area contributed by atoms with Crippen molar-refractivity contribution in [2.45, 2.75) is 76.9 Å². The molecule has 2 aliphatic carbocycles. The van der Waals surface area contributed by atoms with Crippen LogP contribution in [0.25, 0.3) is 20.8 Å². The number of methoxy groups -OCH3 is 3. The molecule has 20 nitrogen and oxygen atoms in total. The summed E-state index contributed by atoms with van der Waals surface area (Å²) < 4.78 is 46.7. The number of carbonyl (C=O) groups excluding carboxylic acids is 8. The summed E-state index contributed by atoms with van der Waals surface area (Å²) in [5, 5.41) is 18.7. The summed E-state index contributed by atoms with van der Waals surface area (Å²) in [6.45, 7) is 14.9. The van der Waals surface area contributed by atoms with Gasteiger partial charge in [0.25, 0.3) is 0 Å². The van der Waals surface area contributed by atoms with Gasteiger partial charge in [-0.05, 0) is 131 Å². The average Bonchev–Trinajstić information content (AvgIpc) is 2.41. The molecule has 2 saturated carbocycles. The van der Waals surface area contributed by atoms with Crippen LogP contribution in [0.5, 0.6) is 28.7 Å². The van der Waals surface area contributed by atoms with Crippen molar-refractivity contribution in [3.8, 4) is 45.4 Å². The van der Waals surface area contributed by atoms with Crippen LogP contribution in [0.2, 0.25) is 0 Å². The number of aldehydes is 3. The molecule has 4 aromatic carbocycles. The SMILES string of the molecule is C=CC(=O)OCC(C)OC(=O)C=C.C=CC(=O)OCC(COc1ccc(OC)cc1)OC(=O)C=C.COc1ccc(CCOC(=O)C2CCC(C=O)CC2)c2sc(-c3ccc(C#N)cc3)nc12.COc1ccc(O)cc1.O=CC1CCC(C=O)CC1. The molecule has 2 atom stereocenters. The zero-order valence-corrected chi connectivity index (χ0v) is 49.6. The largest absolute Gasteiger partial charge is 0.508 e. The molecular weight excluding hydrogens is 1130 g/mol. The Balaban J connectivity index is 0.000000309. The molecule has 0 bridgehead atoms. The molecule has 5 aromatic rings. The normalized spacial score (nSPS) is 16.0. The zero-order valence-electron chi connectivity index (χ0n) is 48.8. The van der Waals surface area contributed by atoms with Crippen molar-refractivity contribution < 1.29 is 86.1 Å². The van der Waals surface area contributed by atoms with Crippen LogP contribution in [0.15, 0.2) is 136 Å². The van der Waals surface area contributed by atoms with Crippen LogP contribution in [0.3, 0.4) is 0 Å². The molecule has 458 valence electrons. The number of nitriles is 1. The summed E-state index contributed by atoms with van der Waals surface area (Å²) in [5.74, 6) is 0.946. The minimum absolute atomic E-state index is 0.0183. The Morgan fingerprint density at radius 1 is 0.616 bits per heavy atom. The number of benzene rings is 4. The number of phenols is 1. The molecule has 21 heteroatoms. The molecular formula is C65H74N2O18S. The number of nitrogens with zero attached hydrogens (tertiary/aromatic N) is 2. The molecule has 0 spiro atoms. The standard InChI is InChI=1S/C25H24N2O4S.C16H18O6.C9H12O4.C8H12O2.C7H8O2/c1-30-21-11-10-18(12-13-31-25(29)20-8-4-17(15-28)5-9-20)23-22(21)27-24(32-23)19-6-2-16(14-26)3-7-19;1-4-15(17)21-11-14(22-16(18)5-2)10-20-13-8-6-12(19-3)7-9-13;1-4-8(10)12-6-7(3)13-9(11)5-2;9-5-7-1-2-8(6-10)4-3-7;1-9-7-4-2-6(8)3-5-7/h2-3,6-7,10-11,15,17,20H,4-5,8-9,12-13H2,1H3;4-9,14H,1-2,10-11H2,3H3;4-5,7H,1-2,6H2,3H3;5-8H,1-4H2;2-5,8H,1H3. The fourth-order valence-corrected chi connectivity index (χ4v) is 9.17. The Morgan fingerprint density at radius 3 is 1.59 bits per heavy atom. The van der Waals surface area contributed by atoms with Crippen molar-refractivity contribution in [3.05, 3.63) is 147 Å². The number of carbonyl (C=O) groups is 8. The zero-order chi connectivity index (χ0) is 63.2. The Hall–Kier alpha value is -9.42. The smallest absolute Gasteiger partial charge is 0.330 e. The van der Waals surface area contributed by atoms with Crippen LogP contribution in [0.1, 0.15) is 69.4 Å². The highest BCUT2D eigenvalue weighted by atomic mass is 32.1. The van der Waals surface area contributed by atoms with Crippen molar-refractivity contribution in [2.24, 2.45) is 23.7 Å². The third kappa shape index (κ3) is 26.0. The van der Waals surface area contributed by atoms with E-state index >= 15 is 0 Å². The van der Waals surface area contributed by atoms with Crippen LogP contribution < -0.4 is 18.9 Å². The van der Waals surface area contributed by atoms with Crippen LogP contribution >= 0.6 is 11.3 Å². The Labute approximate surface area is 504 Å². The van der Waals surface area contributed by atoms with Crippen LogP contribution in [-0.2, 0) is 68.5 Å². The van der Waals surface area contributed by atoms with Crippen molar-refractivity contribution >= 4 is 70.3 Å². The van der Waals surface area contributed by atoms with E-state index < -0.39 is 36.1 Å². The van der Waals surface area contributed by atoms with Crippen LogP contribution in [-0.4, -0.2) is 119 Å². The number of aromatic nitrogens is 1. The molecule has 0 aliphatic heterocycles. The van der Waals surface area contributed by atoms with Gasteiger partial charge in [0.2, 0.25) is 0 Å².